The van der Waals surface area contributed by atoms with Crippen molar-refractivity contribution in [2.75, 3.05) is 33.9 Å². The van der Waals surface area contributed by atoms with Crippen molar-refractivity contribution in [1.82, 2.24) is 10.2 Å². The number of nitrogens with zero attached hydrogens (tertiary/aromatic N) is 1. The first-order valence-electron chi connectivity index (χ1n) is 8.44. The molecule has 0 bridgehead atoms. The summed E-state index contributed by atoms with van der Waals surface area (Å²) in [5.41, 5.74) is 1.17. The number of hydrogen-bond donors (Lipinski definition) is 1. The molecule has 126 valence electrons. The van der Waals surface area contributed by atoms with Gasteiger partial charge in [0.25, 0.3) is 0 Å². The van der Waals surface area contributed by atoms with Gasteiger partial charge in [0.1, 0.15) is 0 Å². The largest absolute Gasteiger partial charge is 0.493 e. The molecule has 5 heteroatoms. The molecule has 23 heavy (non-hydrogen) atoms. The van der Waals surface area contributed by atoms with Crippen molar-refractivity contribution in [1.29, 1.82) is 0 Å². The molecule has 1 aromatic carbocycles. The van der Waals surface area contributed by atoms with Crippen molar-refractivity contribution in [2.24, 2.45) is 5.92 Å². The summed E-state index contributed by atoms with van der Waals surface area (Å²) in [5, 5.41) is 3.45. The Morgan fingerprint density at radius 1 is 1.22 bits per heavy atom. The van der Waals surface area contributed by atoms with Crippen molar-refractivity contribution in [3.05, 3.63) is 23.8 Å². The normalized spacial score (nSPS) is 24.3. The number of carbonyl (C=O) groups is 1. The van der Waals surface area contributed by atoms with E-state index >= 15 is 0 Å². The fourth-order valence-electron chi connectivity index (χ4n) is 3.83. The monoisotopic (exact) mass is 318 g/mol. The van der Waals surface area contributed by atoms with Gasteiger partial charge in [0.05, 0.1) is 14.2 Å². The van der Waals surface area contributed by atoms with Crippen LogP contribution in [0.4, 0.5) is 0 Å². The van der Waals surface area contributed by atoms with Crippen LogP contribution in [0.1, 0.15) is 24.8 Å². The van der Waals surface area contributed by atoms with Crippen LogP contribution in [-0.2, 0) is 11.2 Å². The number of carbonyl (C=O) groups excluding carboxylic acids is 1. The van der Waals surface area contributed by atoms with E-state index in [0.717, 1.165) is 50.4 Å². The van der Waals surface area contributed by atoms with Gasteiger partial charge in [-0.1, -0.05) is 6.07 Å². The minimum Gasteiger partial charge on any atom is -0.493 e. The van der Waals surface area contributed by atoms with Gasteiger partial charge < -0.3 is 19.7 Å². The lowest BCUT2D eigenvalue weighted by Crippen LogP contribution is -2.55. The summed E-state index contributed by atoms with van der Waals surface area (Å²) >= 11 is 0. The smallest absolute Gasteiger partial charge is 0.222 e. The van der Waals surface area contributed by atoms with Crippen LogP contribution >= 0.6 is 0 Å². The van der Waals surface area contributed by atoms with Crippen LogP contribution < -0.4 is 14.8 Å². The highest BCUT2D eigenvalue weighted by molar-refractivity contribution is 5.77. The number of ether oxygens (including phenoxy) is 2. The third kappa shape index (κ3) is 3.44. The van der Waals surface area contributed by atoms with E-state index in [1.165, 1.54) is 5.56 Å². The van der Waals surface area contributed by atoms with E-state index < -0.39 is 0 Å². The molecule has 0 unspecified atom stereocenters. The van der Waals surface area contributed by atoms with Crippen LogP contribution in [0.3, 0.4) is 0 Å². The number of amides is 1. The van der Waals surface area contributed by atoms with E-state index in [0.29, 0.717) is 24.3 Å². The standard InChI is InChI=1S/C18H26N2O3/c1-22-16-5-3-13(11-17(16)23-2)8-10-20-15-7-9-19-12-14(15)4-6-18(20)21/h3,5,11,14-15,19H,4,6-10,12H2,1-2H3/t14-,15+/m0/s1. The molecular weight excluding hydrogens is 292 g/mol. The summed E-state index contributed by atoms with van der Waals surface area (Å²) in [7, 11) is 3.29. The van der Waals surface area contributed by atoms with Crippen LogP contribution in [0.2, 0.25) is 0 Å². The van der Waals surface area contributed by atoms with Gasteiger partial charge in [-0.05, 0) is 56.0 Å². The number of hydrogen-bond acceptors (Lipinski definition) is 4. The Balaban J connectivity index is 1.67. The maximum absolute atomic E-state index is 12.4. The molecule has 5 nitrogen and oxygen atoms in total. The zero-order chi connectivity index (χ0) is 16.2. The molecule has 2 aliphatic rings. The van der Waals surface area contributed by atoms with E-state index in [2.05, 4.69) is 16.3 Å². The number of piperidine rings is 2. The Labute approximate surface area is 137 Å². The van der Waals surface area contributed by atoms with Gasteiger partial charge in [0.2, 0.25) is 5.91 Å². The predicted octanol–water partition coefficient (Wildman–Crippen LogP) is 1.85. The average molecular weight is 318 g/mol. The highest BCUT2D eigenvalue weighted by Crippen LogP contribution is 2.30. The Kier molecular flexibility index (Phi) is 5.06. The van der Waals surface area contributed by atoms with Gasteiger partial charge in [-0.25, -0.2) is 0 Å². The minimum absolute atomic E-state index is 0.314. The van der Waals surface area contributed by atoms with Gasteiger partial charge in [-0.3, -0.25) is 4.79 Å². The molecule has 2 fully saturated rings. The molecule has 1 aromatic rings. The summed E-state index contributed by atoms with van der Waals surface area (Å²) in [6.07, 6.45) is 3.64. The number of nitrogens with one attached hydrogen (secondary N) is 1. The van der Waals surface area contributed by atoms with Crippen molar-refractivity contribution in [2.45, 2.75) is 31.7 Å². The quantitative estimate of drug-likeness (QED) is 0.900. The second-order valence-corrected chi connectivity index (χ2v) is 6.39. The van der Waals surface area contributed by atoms with Gasteiger partial charge in [-0.15, -0.1) is 0 Å². The zero-order valence-corrected chi connectivity index (χ0v) is 14.0. The molecule has 1 amide bonds. The van der Waals surface area contributed by atoms with Crippen LogP contribution in [-0.4, -0.2) is 50.7 Å². The molecule has 0 radical (unpaired) electrons. The highest BCUT2D eigenvalue weighted by Gasteiger charge is 2.36. The first-order chi connectivity index (χ1) is 11.2. The minimum atomic E-state index is 0.314. The van der Waals surface area contributed by atoms with Crippen molar-refractivity contribution in [3.63, 3.8) is 0 Å². The van der Waals surface area contributed by atoms with E-state index in [1.54, 1.807) is 14.2 Å². The second kappa shape index (κ2) is 7.21. The SMILES string of the molecule is COc1ccc(CCN2C(=O)CC[C@H]3CNCC[C@H]32)cc1OC. The van der Waals surface area contributed by atoms with Gasteiger partial charge in [-0.2, -0.15) is 0 Å². The maximum atomic E-state index is 12.4. The summed E-state index contributed by atoms with van der Waals surface area (Å²) in [6.45, 7) is 2.85. The Morgan fingerprint density at radius 3 is 2.83 bits per heavy atom. The van der Waals surface area contributed by atoms with Crippen LogP contribution in [0.25, 0.3) is 0 Å². The topological polar surface area (TPSA) is 50.8 Å². The third-order valence-electron chi connectivity index (χ3n) is 5.11. The molecule has 0 spiro atoms. The lowest BCUT2D eigenvalue weighted by molar-refractivity contribution is -0.139. The van der Waals surface area contributed by atoms with Gasteiger partial charge in [0.15, 0.2) is 11.5 Å². The molecule has 3 rings (SSSR count). The second-order valence-electron chi connectivity index (χ2n) is 6.39. The molecule has 2 saturated heterocycles. The molecule has 2 aliphatic heterocycles. The van der Waals surface area contributed by atoms with E-state index in [-0.39, 0.29) is 0 Å². The summed E-state index contributed by atoms with van der Waals surface area (Å²) in [4.78, 5) is 14.5. The number of rotatable bonds is 5. The fourth-order valence-corrected chi connectivity index (χ4v) is 3.83. The lowest BCUT2D eigenvalue weighted by atomic mass is 9.84. The van der Waals surface area contributed by atoms with Crippen LogP contribution in [0.5, 0.6) is 11.5 Å². The molecule has 2 atom stereocenters. The number of fused-ring (bicyclic) bond motifs is 1. The Hall–Kier alpha value is -1.75. The first kappa shape index (κ1) is 16.1. The van der Waals surface area contributed by atoms with E-state index in [9.17, 15) is 4.79 Å². The van der Waals surface area contributed by atoms with Gasteiger partial charge >= 0.3 is 0 Å². The Bertz CT molecular complexity index is 561. The first-order valence-corrected chi connectivity index (χ1v) is 8.44. The van der Waals surface area contributed by atoms with Gasteiger partial charge in [0, 0.05) is 19.0 Å². The van der Waals surface area contributed by atoms with Crippen molar-refractivity contribution >= 4 is 5.91 Å². The Morgan fingerprint density at radius 2 is 2.04 bits per heavy atom. The third-order valence-corrected chi connectivity index (χ3v) is 5.11. The van der Waals surface area contributed by atoms with Crippen LogP contribution in [0, 0.1) is 5.92 Å². The summed E-state index contributed by atoms with van der Waals surface area (Å²) in [5.74, 6) is 2.42. The summed E-state index contributed by atoms with van der Waals surface area (Å²) < 4.78 is 10.6. The predicted molar refractivity (Wildman–Crippen MR) is 89.0 cm³/mol. The van der Waals surface area contributed by atoms with E-state index in [1.807, 2.05) is 12.1 Å². The van der Waals surface area contributed by atoms with E-state index in [4.69, 9.17) is 9.47 Å². The molecule has 0 saturated carbocycles. The molecule has 0 aromatic heterocycles. The number of methoxy groups -OCH3 is 2. The maximum Gasteiger partial charge on any atom is 0.222 e. The number of benzene rings is 1. The molecular formula is C18H26N2O3. The molecule has 1 N–H and O–H groups in total. The van der Waals surface area contributed by atoms with Crippen molar-refractivity contribution < 1.29 is 14.3 Å². The number of likely N-dealkylation sites (tertiary alicyclic amines) is 1. The molecule has 0 aliphatic carbocycles. The summed E-state index contributed by atoms with van der Waals surface area (Å²) in [6, 6.07) is 6.40. The molecule has 2 heterocycles. The lowest BCUT2D eigenvalue weighted by Gasteiger charge is -2.44. The highest BCUT2D eigenvalue weighted by atomic mass is 16.5. The fraction of sp³-hybridized carbons (Fsp3) is 0.611. The van der Waals surface area contributed by atoms with Crippen molar-refractivity contribution in [3.8, 4) is 11.5 Å². The zero-order valence-electron chi connectivity index (χ0n) is 14.0. The average Bonchev–Trinajstić information content (AvgIpc) is 2.60. The van der Waals surface area contributed by atoms with Crippen LogP contribution in [0.15, 0.2) is 18.2 Å².